The molecule has 0 aromatic carbocycles. The van der Waals surface area contributed by atoms with Crippen molar-refractivity contribution in [3.63, 3.8) is 0 Å². The first-order valence-electron chi connectivity index (χ1n) is 10.8. The minimum absolute atomic E-state index is 0.127. The second-order valence-corrected chi connectivity index (χ2v) is 8.52. The molecule has 0 aromatic heterocycles. The van der Waals surface area contributed by atoms with Crippen molar-refractivity contribution in [3.05, 3.63) is 0 Å². The first kappa shape index (κ1) is 30.6. The third-order valence-electron chi connectivity index (χ3n) is 4.72. The van der Waals surface area contributed by atoms with Crippen LogP contribution >= 0.6 is 12.6 Å². The number of unbranched alkanes of at least 4 members (excludes halogenated alkanes) is 1. The molecule has 0 fully saturated rings. The standard InChI is InChI=1S/C20H37N5O7S/c1-11(2)9-12(22)17(28)23-14(6-7-16(26)27)19(30)24-13(5-3-4-8-21)18(29)25-15(10-33)20(31)32/h11-15,33H,3-10,21-22H2,1-2H3,(H,23,28)(H,24,30)(H,25,29)(H,26,27)(H,31,32). The summed E-state index contributed by atoms with van der Waals surface area (Å²) >= 11 is 3.90. The summed E-state index contributed by atoms with van der Waals surface area (Å²) in [5.74, 6) is -4.59. The Hall–Kier alpha value is -2.38. The van der Waals surface area contributed by atoms with Crippen LogP contribution in [0, 0.1) is 5.92 Å². The summed E-state index contributed by atoms with van der Waals surface area (Å²) in [4.78, 5) is 60.1. The van der Waals surface area contributed by atoms with Crippen LogP contribution in [-0.2, 0) is 24.0 Å². The van der Waals surface area contributed by atoms with E-state index in [1.165, 1.54) is 0 Å². The van der Waals surface area contributed by atoms with Crippen LogP contribution in [0.4, 0.5) is 0 Å². The average Bonchev–Trinajstić information content (AvgIpc) is 2.72. The van der Waals surface area contributed by atoms with E-state index in [1.54, 1.807) is 0 Å². The molecule has 4 atom stereocenters. The van der Waals surface area contributed by atoms with Crippen molar-refractivity contribution >= 4 is 42.3 Å². The highest BCUT2D eigenvalue weighted by molar-refractivity contribution is 7.80. The molecule has 0 heterocycles. The van der Waals surface area contributed by atoms with Crippen LogP contribution in [0.25, 0.3) is 0 Å². The number of amides is 3. The molecule has 0 radical (unpaired) electrons. The van der Waals surface area contributed by atoms with Gasteiger partial charge in [0.15, 0.2) is 0 Å². The van der Waals surface area contributed by atoms with Crippen molar-refractivity contribution < 1.29 is 34.2 Å². The minimum atomic E-state index is -1.28. The molecular formula is C20H37N5O7S. The molecule has 0 aliphatic rings. The van der Waals surface area contributed by atoms with Gasteiger partial charge in [0, 0.05) is 12.2 Å². The monoisotopic (exact) mass is 491 g/mol. The maximum atomic E-state index is 12.9. The predicted molar refractivity (Wildman–Crippen MR) is 124 cm³/mol. The van der Waals surface area contributed by atoms with E-state index in [1.807, 2.05) is 13.8 Å². The Morgan fingerprint density at radius 2 is 1.36 bits per heavy atom. The largest absolute Gasteiger partial charge is 0.481 e. The topological polar surface area (TPSA) is 214 Å². The third kappa shape index (κ3) is 13.0. The van der Waals surface area contributed by atoms with Gasteiger partial charge in [-0.2, -0.15) is 12.6 Å². The molecular weight excluding hydrogens is 454 g/mol. The highest BCUT2D eigenvalue weighted by Crippen LogP contribution is 2.07. The van der Waals surface area contributed by atoms with Crippen molar-refractivity contribution in [3.8, 4) is 0 Å². The summed E-state index contributed by atoms with van der Waals surface area (Å²) in [7, 11) is 0. The molecule has 0 aliphatic carbocycles. The van der Waals surface area contributed by atoms with Crippen LogP contribution in [-0.4, -0.2) is 76.3 Å². The van der Waals surface area contributed by atoms with Crippen LogP contribution in [0.2, 0.25) is 0 Å². The van der Waals surface area contributed by atoms with Gasteiger partial charge in [0.1, 0.15) is 18.1 Å². The average molecular weight is 492 g/mol. The van der Waals surface area contributed by atoms with Gasteiger partial charge < -0.3 is 37.6 Å². The molecule has 0 aliphatic heterocycles. The fourth-order valence-electron chi connectivity index (χ4n) is 2.92. The number of hydrogen-bond acceptors (Lipinski definition) is 8. The molecule has 0 spiro atoms. The van der Waals surface area contributed by atoms with E-state index in [9.17, 15) is 24.0 Å². The van der Waals surface area contributed by atoms with Crippen LogP contribution in [0.1, 0.15) is 52.4 Å². The summed E-state index contributed by atoms with van der Waals surface area (Å²) in [6.45, 7) is 4.12. The molecule has 0 aromatic rings. The number of hydrogen-bond donors (Lipinski definition) is 8. The molecule has 3 amide bonds. The van der Waals surface area contributed by atoms with Gasteiger partial charge in [-0.3, -0.25) is 19.2 Å². The lowest BCUT2D eigenvalue weighted by atomic mass is 10.0. The Morgan fingerprint density at radius 1 is 0.848 bits per heavy atom. The van der Waals surface area contributed by atoms with Crippen LogP contribution < -0.4 is 27.4 Å². The van der Waals surface area contributed by atoms with Crippen molar-refractivity contribution in [2.45, 2.75) is 76.5 Å². The maximum Gasteiger partial charge on any atom is 0.327 e. The second kappa shape index (κ2) is 16.3. The van der Waals surface area contributed by atoms with Gasteiger partial charge in [-0.1, -0.05) is 13.8 Å². The zero-order valence-electron chi connectivity index (χ0n) is 19.1. The molecule has 33 heavy (non-hydrogen) atoms. The van der Waals surface area contributed by atoms with Gasteiger partial charge in [0.05, 0.1) is 6.04 Å². The smallest absolute Gasteiger partial charge is 0.327 e. The summed E-state index contributed by atoms with van der Waals surface area (Å²) in [6, 6.07) is -4.50. The summed E-state index contributed by atoms with van der Waals surface area (Å²) in [5, 5.41) is 25.4. The van der Waals surface area contributed by atoms with Crippen molar-refractivity contribution in [2.75, 3.05) is 12.3 Å². The highest BCUT2D eigenvalue weighted by atomic mass is 32.1. The van der Waals surface area contributed by atoms with E-state index < -0.39 is 60.2 Å². The van der Waals surface area contributed by atoms with Gasteiger partial charge in [-0.15, -0.1) is 0 Å². The Kier molecular flexibility index (Phi) is 15.1. The molecule has 0 bridgehead atoms. The Morgan fingerprint density at radius 3 is 1.82 bits per heavy atom. The minimum Gasteiger partial charge on any atom is -0.481 e. The quantitative estimate of drug-likeness (QED) is 0.0906. The van der Waals surface area contributed by atoms with Crippen molar-refractivity contribution in [2.24, 2.45) is 17.4 Å². The van der Waals surface area contributed by atoms with E-state index in [-0.39, 0.29) is 24.5 Å². The van der Waals surface area contributed by atoms with Gasteiger partial charge in [0.25, 0.3) is 0 Å². The molecule has 4 unspecified atom stereocenters. The fraction of sp³-hybridized carbons (Fsp3) is 0.750. The number of carboxylic acid groups (broad SMARTS) is 2. The Labute approximate surface area is 199 Å². The lowest BCUT2D eigenvalue weighted by Gasteiger charge is -2.25. The molecule has 190 valence electrons. The van der Waals surface area contributed by atoms with Crippen molar-refractivity contribution in [1.29, 1.82) is 0 Å². The summed E-state index contributed by atoms with van der Waals surface area (Å²) in [5.41, 5.74) is 11.3. The molecule has 0 saturated heterocycles. The number of nitrogens with two attached hydrogens (primary N) is 2. The van der Waals surface area contributed by atoms with E-state index in [0.717, 1.165) is 0 Å². The normalized spacial score (nSPS) is 14.6. The fourth-order valence-corrected chi connectivity index (χ4v) is 3.17. The van der Waals surface area contributed by atoms with Crippen LogP contribution in [0.15, 0.2) is 0 Å². The highest BCUT2D eigenvalue weighted by Gasteiger charge is 2.30. The van der Waals surface area contributed by atoms with E-state index in [0.29, 0.717) is 25.8 Å². The van der Waals surface area contributed by atoms with Crippen molar-refractivity contribution in [1.82, 2.24) is 16.0 Å². The Balaban J connectivity index is 5.47. The number of rotatable bonds is 17. The number of carboxylic acids is 2. The van der Waals surface area contributed by atoms with Crippen LogP contribution in [0.3, 0.4) is 0 Å². The first-order chi connectivity index (χ1) is 15.4. The summed E-state index contributed by atoms with van der Waals surface area (Å²) < 4.78 is 0. The maximum absolute atomic E-state index is 12.9. The molecule has 0 saturated carbocycles. The first-order valence-corrected chi connectivity index (χ1v) is 11.5. The molecule has 9 N–H and O–H groups in total. The zero-order valence-corrected chi connectivity index (χ0v) is 20.0. The van der Waals surface area contributed by atoms with Gasteiger partial charge in [-0.25, -0.2) is 4.79 Å². The van der Waals surface area contributed by atoms with Gasteiger partial charge >= 0.3 is 11.9 Å². The lowest BCUT2D eigenvalue weighted by molar-refractivity contribution is -0.141. The molecule has 0 rings (SSSR count). The van der Waals surface area contributed by atoms with Gasteiger partial charge in [0.2, 0.25) is 17.7 Å². The number of aliphatic carboxylic acids is 2. The molecule has 13 heteroatoms. The predicted octanol–water partition coefficient (Wildman–Crippen LogP) is -1.18. The van der Waals surface area contributed by atoms with E-state index in [2.05, 4.69) is 28.6 Å². The third-order valence-corrected chi connectivity index (χ3v) is 5.08. The van der Waals surface area contributed by atoms with Gasteiger partial charge in [-0.05, 0) is 44.6 Å². The SMILES string of the molecule is CC(C)CC(N)C(=O)NC(CCC(=O)O)C(=O)NC(CCCCN)C(=O)NC(CS)C(=O)O. The molecule has 12 nitrogen and oxygen atoms in total. The number of nitrogens with one attached hydrogen (secondary N) is 3. The summed E-state index contributed by atoms with van der Waals surface area (Å²) in [6.07, 6.45) is 0.954. The lowest BCUT2D eigenvalue weighted by Crippen LogP contribution is -2.57. The zero-order chi connectivity index (χ0) is 25.6. The number of carbonyl (C=O) groups excluding carboxylic acids is 3. The van der Waals surface area contributed by atoms with E-state index >= 15 is 0 Å². The Bertz CT molecular complexity index is 677. The van der Waals surface area contributed by atoms with Crippen LogP contribution in [0.5, 0.6) is 0 Å². The van der Waals surface area contributed by atoms with E-state index in [4.69, 9.17) is 21.7 Å². The second-order valence-electron chi connectivity index (χ2n) is 8.16. The number of thiol groups is 1. The number of carbonyl (C=O) groups is 5.